The highest BCUT2D eigenvalue weighted by Gasteiger charge is 2.54. The van der Waals surface area contributed by atoms with Crippen LogP contribution in [0, 0.1) is 11.8 Å². The average Bonchev–Trinajstić information content (AvgIpc) is 3.41. The minimum absolute atomic E-state index is 0.0793. The third-order valence-corrected chi connectivity index (χ3v) is 11.7. The van der Waals surface area contributed by atoms with Crippen molar-refractivity contribution in [2.24, 2.45) is 16.8 Å². The van der Waals surface area contributed by atoms with Crippen LogP contribution in [-0.4, -0.2) is 72.7 Å². The van der Waals surface area contributed by atoms with E-state index in [4.69, 9.17) is 9.73 Å². The van der Waals surface area contributed by atoms with Crippen LogP contribution in [0.4, 0.5) is 0 Å². The highest BCUT2D eigenvalue weighted by Crippen LogP contribution is 2.43. The van der Waals surface area contributed by atoms with E-state index in [0.29, 0.717) is 23.8 Å². The van der Waals surface area contributed by atoms with Crippen LogP contribution in [0.1, 0.15) is 81.8 Å². The molecule has 0 bridgehead atoms. The molecule has 2 aliphatic carbocycles. The first-order valence-corrected chi connectivity index (χ1v) is 17.9. The van der Waals surface area contributed by atoms with Crippen molar-refractivity contribution in [3.63, 3.8) is 0 Å². The molecule has 1 aliphatic heterocycles. The van der Waals surface area contributed by atoms with Crippen molar-refractivity contribution >= 4 is 24.1 Å². The second-order valence-electron chi connectivity index (χ2n) is 13.5. The molecule has 0 spiro atoms. The predicted molar refractivity (Wildman–Crippen MR) is 181 cm³/mol. The van der Waals surface area contributed by atoms with Crippen LogP contribution in [0.25, 0.3) is 0 Å². The second-order valence-corrected chi connectivity index (χ2v) is 14.5. The number of ether oxygens (including phenoxy) is 1. The molecule has 0 saturated heterocycles. The lowest BCUT2D eigenvalue weighted by Gasteiger charge is -2.43. The Morgan fingerprint density at radius 1 is 0.953 bits per heavy atom. The first-order chi connectivity index (χ1) is 21.0. The molecule has 1 heterocycles. The normalized spacial score (nSPS) is 27.0. The molecule has 43 heavy (non-hydrogen) atoms. The quantitative estimate of drug-likeness (QED) is 0.220. The predicted octanol–water partition coefficient (Wildman–Crippen LogP) is 7.64. The summed E-state index contributed by atoms with van der Waals surface area (Å²) in [6.45, 7) is 0. The molecule has 0 N–H and O–H groups in total. The third-order valence-electron chi connectivity index (χ3n) is 10.5. The molecule has 2 fully saturated rings. The van der Waals surface area contributed by atoms with Crippen molar-refractivity contribution in [3.05, 3.63) is 71.8 Å². The van der Waals surface area contributed by atoms with Gasteiger partial charge in [-0.3, -0.25) is 4.99 Å². The standard InChI is InChI=1S/C37H53N3O2S/c1-39(2)34(24-21-29-13-7-4-8-14-29)32-22-19-30(20-23-32)25-35-37(36(41)42-3,27-43-26-31-15-9-5-10-16-31)38-28-40(35)33-17-11-6-12-18-33/h4-5,7-10,13-16,28,30,32-35H,6,11-12,17-27H2,1-3H3. The summed E-state index contributed by atoms with van der Waals surface area (Å²) in [6, 6.07) is 22.7. The Balaban J connectivity index is 1.27. The van der Waals surface area contributed by atoms with Crippen molar-refractivity contribution in [2.75, 3.05) is 27.0 Å². The number of carbonyl (C=O) groups excluding carboxylic acids is 1. The molecular weight excluding hydrogens is 550 g/mol. The van der Waals surface area contributed by atoms with Gasteiger partial charge in [-0.1, -0.05) is 92.8 Å². The van der Waals surface area contributed by atoms with Gasteiger partial charge in [0.15, 0.2) is 5.54 Å². The molecule has 0 radical (unpaired) electrons. The van der Waals surface area contributed by atoms with Gasteiger partial charge in [-0.15, -0.1) is 0 Å². The Morgan fingerprint density at radius 2 is 1.60 bits per heavy atom. The number of nitrogens with zero attached hydrogens (tertiary/aromatic N) is 3. The van der Waals surface area contributed by atoms with E-state index in [1.54, 1.807) is 7.11 Å². The number of hydrogen-bond donors (Lipinski definition) is 0. The van der Waals surface area contributed by atoms with E-state index in [0.717, 1.165) is 24.5 Å². The molecule has 2 aromatic carbocycles. The van der Waals surface area contributed by atoms with Crippen molar-refractivity contribution in [3.8, 4) is 0 Å². The van der Waals surface area contributed by atoms with Gasteiger partial charge in [-0.05, 0) is 82.0 Å². The molecule has 3 atom stereocenters. The number of esters is 1. The highest BCUT2D eigenvalue weighted by molar-refractivity contribution is 7.98. The summed E-state index contributed by atoms with van der Waals surface area (Å²) in [4.78, 5) is 23.8. The van der Waals surface area contributed by atoms with E-state index >= 15 is 0 Å². The van der Waals surface area contributed by atoms with Gasteiger partial charge in [0.25, 0.3) is 0 Å². The van der Waals surface area contributed by atoms with Crippen LogP contribution < -0.4 is 0 Å². The summed E-state index contributed by atoms with van der Waals surface area (Å²) in [7, 11) is 6.07. The maximum absolute atomic E-state index is 13.7. The maximum atomic E-state index is 13.7. The molecule has 234 valence electrons. The first-order valence-electron chi connectivity index (χ1n) is 16.7. The van der Waals surface area contributed by atoms with Crippen LogP contribution in [0.15, 0.2) is 65.7 Å². The number of aliphatic imine (C=N–C) groups is 1. The topological polar surface area (TPSA) is 45.1 Å². The smallest absolute Gasteiger partial charge is 0.336 e. The zero-order valence-corrected chi connectivity index (χ0v) is 27.5. The summed E-state index contributed by atoms with van der Waals surface area (Å²) in [5.74, 6) is 2.74. The van der Waals surface area contributed by atoms with Gasteiger partial charge in [0, 0.05) is 23.6 Å². The monoisotopic (exact) mass is 603 g/mol. The van der Waals surface area contributed by atoms with Crippen LogP contribution in [0.3, 0.4) is 0 Å². The first kappa shape index (κ1) is 32.1. The van der Waals surface area contributed by atoms with Crippen molar-refractivity contribution < 1.29 is 9.53 Å². The second kappa shape index (κ2) is 15.6. The molecular formula is C37H53N3O2S. The number of methoxy groups -OCH3 is 1. The fourth-order valence-corrected chi connectivity index (χ4v) is 9.31. The Morgan fingerprint density at radius 3 is 2.23 bits per heavy atom. The Kier molecular flexibility index (Phi) is 11.7. The Labute approximate surface area is 264 Å². The van der Waals surface area contributed by atoms with Gasteiger partial charge in [0.1, 0.15) is 0 Å². The average molecular weight is 604 g/mol. The Bertz CT molecular complexity index is 1140. The van der Waals surface area contributed by atoms with Gasteiger partial charge >= 0.3 is 5.97 Å². The van der Waals surface area contributed by atoms with Gasteiger partial charge in [0.05, 0.1) is 19.5 Å². The molecule has 5 nitrogen and oxygen atoms in total. The Hall–Kier alpha value is -2.31. The lowest BCUT2D eigenvalue weighted by Crippen LogP contribution is -2.56. The summed E-state index contributed by atoms with van der Waals surface area (Å²) < 4.78 is 5.54. The van der Waals surface area contributed by atoms with Gasteiger partial charge in [0.2, 0.25) is 0 Å². The molecule has 0 amide bonds. The van der Waals surface area contributed by atoms with E-state index in [-0.39, 0.29) is 12.0 Å². The van der Waals surface area contributed by atoms with Gasteiger partial charge < -0.3 is 14.5 Å². The highest BCUT2D eigenvalue weighted by atomic mass is 32.2. The number of hydrogen-bond acceptors (Lipinski definition) is 6. The number of benzene rings is 2. The zero-order valence-electron chi connectivity index (χ0n) is 26.7. The van der Waals surface area contributed by atoms with Crippen LogP contribution >= 0.6 is 11.8 Å². The summed E-state index contributed by atoms with van der Waals surface area (Å²) in [5, 5.41) is 0. The minimum atomic E-state index is -0.829. The summed E-state index contributed by atoms with van der Waals surface area (Å²) in [6.07, 6.45) is 16.7. The van der Waals surface area contributed by atoms with E-state index < -0.39 is 5.54 Å². The SMILES string of the molecule is COC(=O)C1(CSCc2ccccc2)N=CN(C2CCCCC2)C1CC1CCC(C(CCc2ccccc2)N(C)C)CC1. The number of aryl methyl sites for hydroxylation is 1. The minimum Gasteiger partial charge on any atom is -0.467 e. The molecule has 0 aromatic heterocycles. The molecule has 2 aromatic rings. The van der Waals surface area contributed by atoms with Crippen LogP contribution in [0.5, 0.6) is 0 Å². The summed E-state index contributed by atoms with van der Waals surface area (Å²) >= 11 is 1.82. The molecule has 5 rings (SSSR count). The van der Waals surface area contributed by atoms with Crippen molar-refractivity contribution in [1.82, 2.24) is 9.80 Å². The molecule has 3 unspecified atom stereocenters. The number of carbonyl (C=O) groups is 1. The van der Waals surface area contributed by atoms with E-state index in [9.17, 15) is 4.79 Å². The molecule has 6 heteroatoms. The van der Waals surface area contributed by atoms with Crippen LogP contribution in [0.2, 0.25) is 0 Å². The van der Waals surface area contributed by atoms with Crippen LogP contribution in [-0.2, 0) is 21.7 Å². The zero-order chi connectivity index (χ0) is 30.1. The lowest BCUT2D eigenvalue weighted by molar-refractivity contribution is -0.148. The number of thioether (sulfide) groups is 1. The van der Waals surface area contributed by atoms with Crippen molar-refractivity contribution in [1.29, 1.82) is 0 Å². The number of rotatable bonds is 13. The van der Waals surface area contributed by atoms with Crippen molar-refractivity contribution in [2.45, 2.75) is 106 Å². The maximum Gasteiger partial charge on any atom is 0.336 e. The third kappa shape index (κ3) is 8.05. The van der Waals surface area contributed by atoms with Gasteiger partial charge in [-0.2, -0.15) is 11.8 Å². The largest absolute Gasteiger partial charge is 0.467 e. The molecule has 3 aliphatic rings. The van der Waals surface area contributed by atoms with E-state index in [1.807, 2.05) is 11.8 Å². The van der Waals surface area contributed by atoms with E-state index in [2.05, 4.69) is 90.9 Å². The summed E-state index contributed by atoms with van der Waals surface area (Å²) in [5.41, 5.74) is 1.90. The fraction of sp³-hybridized carbons (Fsp3) is 0.622. The molecule has 2 saturated carbocycles. The van der Waals surface area contributed by atoms with E-state index in [1.165, 1.54) is 75.3 Å². The fourth-order valence-electron chi connectivity index (χ4n) is 8.08. The lowest BCUT2D eigenvalue weighted by atomic mass is 9.73. The van der Waals surface area contributed by atoms with Gasteiger partial charge in [-0.25, -0.2) is 4.79 Å².